The number of hydrogen-bond acceptors (Lipinski definition) is 6. The first-order chi connectivity index (χ1) is 12.7. The summed E-state index contributed by atoms with van der Waals surface area (Å²) in [6, 6.07) is 12.1. The van der Waals surface area contributed by atoms with E-state index in [4.69, 9.17) is 4.52 Å². The van der Waals surface area contributed by atoms with Crippen molar-refractivity contribution in [3.05, 3.63) is 58.8 Å². The molecule has 4 rings (SSSR count). The number of hydrogen-bond donors (Lipinski definition) is 1. The molecule has 1 amide bonds. The third-order valence-electron chi connectivity index (χ3n) is 4.47. The first kappa shape index (κ1) is 16.9. The van der Waals surface area contributed by atoms with E-state index in [1.165, 1.54) is 5.56 Å². The van der Waals surface area contributed by atoms with Crippen LogP contribution in [0, 0.1) is 6.92 Å². The molecule has 3 aromatic rings. The van der Waals surface area contributed by atoms with Crippen molar-refractivity contribution >= 4 is 17.2 Å². The number of nitrogens with one attached hydrogen (secondary N) is 1. The molecule has 7 heteroatoms. The van der Waals surface area contributed by atoms with E-state index >= 15 is 0 Å². The summed E-state index contributed by atoms with van der Waals surface area (Å²) in [4.78, 5) is 19.7. The average Bonchev–Trinajstić information content (AvgIpc) is 3.28. The van der Waals surface area contributed by atoms with Gasteiger partial charge >= 0.3 is 0 Å². The number of carbonyl (C=O) groups is 1. The number of amides is 1. The van der Waals surface area contributed by atoms with Gasteiger partial charge in [0.1, 0.15) is 0 Å². The van der Waals surface area contributed by atoms with Crippen LogP contribution < -0.4 is 5.32 Å². The fourth-order valence-electron chi connectivity index (χ4n) is 2.93. The highest BCUT2D eigenvalue weighted by molar-refractivity contribution is 7.13. The largest absolute Gasteiger partial charge is 0.351 e. The molecule has 26 heavy (non-hydrogen) atoms. The molecule has 1 N–H and O–H groups in total. The number of rotatable bonds is 6. The zero-order chi connectivity index (χ0) is 17.9. The van der Waals surface area contributed by atoms with Gasteiger partial charge in [-0.2, -0.15) is 4.98 Å². The van der Waals surface area contributed by atoms with Gasteiger partial charge in [-0.05, 0) is 23.9 Å². The van der Waals surface area contributed by atoms with Crippen LogP contribution in [0.1, 0.15) is 22.9 Å². The Balaban J connectivity index is 1.22. The van der Waals surface area contributed by atoms with Crippen LogP contribution in [-0.4, -0.2) is 40.6 Å². The van der Waals surface area contributed by atoms with Gasteiger partial charge in [-0.25, -0.2) is 0 Å². The molecule has 0 atom stereocenters. The first-order valence-corrected chi connectivity index (χ1v) is 9.47. The van der Waals surface area contributed by atoms with Crippen LogP contribution in [0.5, 0.6) is 0 Å². The summed E-state index contributed by atoms with van der Waals surface area (Å²) in [5.41, 5.74) is 2.33. The van der Waals surface area contributed by atoms with Gasteiger partial charge in [-0.3, -0.25) is 9.69 Å². The fraction of sp³-hybridized carbons (Fsp3) is 0.316. The molecule has 0 spiro atoms. The second kappa shape index (κ2) is 7.39. The van der Waals surface area contributed by atoms with Crippen molar-refractivity contribution in [2.75, 3.05) is 19.6 Å². The predicted octanol–water partition coefficient (Wildman–Crippen LogP) is 2.82. The zero-order valence-electron chi connectivity index (χ0n) is 14.5. The average molecular weight is 368 g/mol. The molecule has 1 aliphatic rings. The SMILES string of the molecule is Cc1ccc(CNC(=O)CN2CC(c3nc(-c4cccs4)no3)C2)cc1. The van der Waals surface area contributed by atoms with E-state index in [0.717, 1.165) is 23.5 Å². The molecule has 1 fully saturated rings. The highest BCUT2D eigenvalue weighted by Gasteiger charge is 2.33. The highest BCUT2D eigenvalue weighted by atomic mass is 32.1. The molecular weight excluding hydrogens is 348 g/mol. The van der Waals surface area contributed by atoms with E-state index in [2.05, 4.69) is 39.4 Å². The monoisotopic (exact) mass is 368 g/mol. The molecule has 0 unspecified atom stereocenters. The van der Waals surface area contributed by atoms with E-state index in [0.29, 0.717) is 24.8 Å². The van der Waals surface area contributed by atoms with Gasteiger partial charge in [0.25, 0.3) is 0 Å². The predicted molar refractivity (Wildman–Crippen MR) is 99.8 cm³/mol. The van der Waals surface area contributed by atoms with Crippen molar-refractivity contribution in [1.29, 1.82) is 0 Å². The van der Waals surface area contributed by atoms with Crippen LogP contribution in [0.2, 0.25) is 0 Å². The van der Waals surface area contributed by atoms with Gasteiger partial charge in [-0.15, -0.1) is 11.3 Å². The highest BCUT2D eigenvalue weighted by Crippen LogP contribution is 2.28. The number of aryl methyl sites for hydroxylation is 1. The van der Waals surface area contributed by atoms with Gasteiger partial charge in [0.2, 0.25) is 17.6 Å². The molecule has 0 radical (unpaired) electrons. The first-order valence-electron chi connectivity index (χ1n) is 8.59. The van der Waals surface area contributed by atoms with Crippen molar-refractivity contribution < 1.29 is 9.32 Å². The summed E-state index contributed by atoms with van der Waals surface area (Å²) in [5.74, 6) is 1.55. The molecular formula is C19H20N4O2S. The maximum Gasteiger partial charge on any atom is 0.234 e. The molecule has 2 aromatic heterocycles. The Kier molecular flexibility index (Phi) is 4.81. The molecule has 1 aromatic carbocycles. The number of aromatic nitrogens is 2. The Hall–Kier alpha value is -2.51. The standard InChI is InChI=1S/C19H20N4O2S/c1-13-4-6-14(7-5-13)9-20-17(24)12-23-10-15(11-23)19-21-18(22-25-19)16-3-2-8-26-16/h2-8,15H,9-12H2,1H3,(H,20,24). The maximum absolute atomic E-state index is 12.1. The van der Waals surface area contributed by atoms with Crippen molar-refractivity contribution in [1.82, 2.24) is 20.4 Å². The molecule has 134 valence electrons. The lowest BCUT2D eigenvalue weighted by Crippen LogP contribution is -2.49. The Bertz CT molecular complexity index is 867. The van der Waals surface area contributed by atoms with Crippen LogP contribution in [0.4, 0.5) is 0 Å². The molecule has 0 aliphatic carbocycles. The van der Waals surface area contributed by atoms with Gasteiger partial charge in [0, 0.05) is 19.6 Å². The Morgan fingerprint density at radius 2 is 2.12 bits per heavy atom. The van der Waals surface area contributed by atoms with Crippen molar-refractivity contribution in [3.8, 4) is 10.7 Å². The molecule has 1 aliphatic heterocycles. The van der Waals surface area contributed by atoms with Gasteiger partial charge in [0.05, 0.1) is 17.3 Å². The van der Waals surface area contributed by atoms with Crippen LogP contribution in [0.3, 0.4) is 0 Å². The van der Waals surface area contributed by atoms with Crippen LogP contribution >= 0.6 is 11.3 Å². The quantitative estimate of drug-likeness (QED) is 0.724. The maximum atomic E-state index is 12.1. The molecule has 6 nitrogen and oxygen atoms in total. The topological polar surface area (TPSA) is 71.3 Å². The van der Waals surface area contributed by atoms with E-state index in [1.54, 1.807) is 11.3 Å². The normalized spacial score (nSPS) is 15.0. The summed E-state index contributed by atoms with van der Waals surface area (Å²) in [7, 11) is 0. The third-order valence-corrected chi connectivity index (χ3v) is 5.33. The summed E-state index contributed by atoms with van der Waals surface area (Å²) in [5, 5.41) is 9.00. The lowest BCUT2D eigenvalue weighted by atomic mass is 10.0. The summed E-state index contributed by atoms with van der Waals surface area (Å²) < 4.78 is 5.38. The van der Waals surface area contributed by atoms with Crippen LogP contribution in [0.15, 0.2) is 46.3 Å². The zero-order valence-corrected chi connectivity index (χ0v) is 15.3. The summed E-state index contributed by atoms with van der Waals surface area (Å²) in [6.07, 6.45) is 0. The summed E-state index contributed by atoms with van der Waals surface area (Å²) >= 11 is 1.59. The minimum atomic E-state index is 0.0360. The molecule has 0 saturated carbocycles. The smallest absolute Gasteiger partial charge is 0.234 e. The van der Waals surface area contributed by atoms with Gasteiger partial charge in [-0.1, -0.05) is 41.1 Å². The van der Waals surface area contributed by atoms with Gasteiger partial charge in [0.15, 0.2) is 0 Å². The number of nitrogens with zero attached hydrogens (tertiary/aromatic N) is 3. The van der Waals surface area contributed by atoms with Crippen LogP contribution in [0.25, 0.3) is 10.7 Å². The Labute approximate surface area is 155 Å². The minimum absolute atomic E-state index is 0.0360. The summed E-state index contributed by atoms with van der Waals surface area (Å²) in [6.45, 7) is 4.54. The Morgan fingerprint density at radius 1 is 1.31 bits per heavy atom. The number of benzene rings is 1. The number of carbonyl (C=O) groups excluding carboxylic acids is 1. The second-order valence-electron chi connectivity index (χ2n) is 6.59. The Morgan fingerprint density at radius 3 is 2.85 bits per heavy atom. The van der Waals surface area contributed by atoms with Crippen molar-refractivity contribution in [3.63, 3.8) is 0 Å². The molecule has 0 bridgehead atoms. The fourth-order valence-corrected chi connectivity index (χ4v) is 3.58. The van der Waals surface area contributed by atoms with Crippen molar-refractivity contribution in [2.24, 2.45) is 0 Å². The number of thiophene rings is 1. The van der Waals surface area contributed by atoms with E-state index in [9.17, 15) is 4.79 Å². The molecule has 3 heterocycles. The van der Waals surface area contributed by atoms with E-state index < -0.39 is 0 Å². The lowest BCUT2D eigenvalue weighted by molar-refractivity contribution is -0.123. The lowest BCUT2D eigenvalue weighted by Gasteiger charge is -2.36. The number of likely N-dealkylation sites (tertiary alicyclic amines) is 1. The minimum Gasteiger partial charge on any atom is -0.351 e. The van der Waals surface area contributed by atoms with Gasteiger partial charge < -0.3 is 9.84 Å². The third kappa shape index (κ3) is 3.84. The van der Waals surface area contributed by atoms with E-state index in [1.807, 2.05) is 29.6 Å². The molecule has 1 saturated heterocycles. The second-order valence-corrected chi connectivity index (χ2v) is 7.53. The van der Waals surface area contributed by atoms with E-state index in [-0.39, 0.29) is 11.8 Å². The van der Waals surface area contributed by atoms with Crippen LogP contribution in [-0.2, 0) is 11.3 Å². The van der Waals surface area contributed by atoms with Crippen molar-refractivity contribution in [2.45, 2.75) is 19.4 Å².